The van der Waals surface area contributed by atoms with E-state index < -0.39 is 11.8 Å². The van der Waals surface area contributed by atoms with E-state index in [1.165, 1.54) is 12.1 Å². The number of alkyl halides is 2. The highest BCUT2D eigenvalue weighted by molar-refractivity contribution is 6.01. The first-order valence-corrected chi connectivity index (χ1v) is 4.59. The summed E-state index contributed by atoms with van der Waals surface area (Å²) < 4.78 is 25.8. The van der Waals surface area contributed by atoms with Crippen LogP contribution < -0.4 is 0 Å². The lowest BCUT2D eigenvalue weighted by atomic mass is 10.1. The molecule has 0 aliphatic heterocycles. The molecule has 0 radical (unpaired) electrons. The van der Waals surface area contributed by atoms with E-state index in [9.17, 15) is 13.6 Å². The molecule has 0 N–H and O–H groups in total. The lowest BCUT2D eigenvalue weighted by Gasteiger charge is -2.08. The van der Waals surface area contributed by atoms with Crippen LogP contribution in [0.25, 0.3) is 10.4 Å². The molecule has 0 atom stereocenters. The van der Waals surface area contributed by atoms with Crippen LogP contribution in [-0.2, 0) is 6.42 Å². The lowest BCUT2D eigenvalue weighted by molar-refractivity contribution is 0.0148. The minimum absolute atomic E-state index is 0.172. The van der Waals surface area contributed by atoms with Crippen LogP contribution in [0.1, 0.15) is 22.8 Å². The highest BCUT2D eigenvalue weighted by Crippen LogP contribution is 2.22. The van der Waals surface area contributed by atoms with E-state index in [4.69, 9.17) is 5.53 Å². The number of ketones is 1. The van der Waals surface area contributed by atoms with Crippen molar-refractivity contribution < 1.29 is 13.6 Å². The van der Waals surface area contributed by atoms with Gasteiger partial charge in [-0.15, -0.1) is 0 Å². The molecule has 0 unspecified atom stereocenters. The predicted octanol–water partition coefficient (Wildman–Crippen LogP) is 3.33. The number of hydrogen-bond acceptors (Lipinski definition) is 2. The first-order valence-electron chi connectivity index (χ1n) is 4.59. The minimum Gasteiger partial charge on any atom is -0.287 e. The number of nitrogens with zero attached hydrogens (tertiary/aromatic N) is 3. The molecule has 0 aliphatic carbocycles. The Kier molecular flexibility index (Phi) is 3.58. The van der Waals surface area contributed by atoms with Crippen LogP contribution >= 0.6 is 0 Å². The molecule has 4 nitrogen and oxygen atoms in total. The number of aryl methyl sites for hydroxylation is 1. The Hall–Kier alpha value is -1.94. The zero-order valence-electron chi connectivity index (χ0n) is 8.52. The van der Waals surface area contributed by atoms with Crippen molar-refractivity contribution >= 4 is 5.78 Å². The summed E-state index contributed by atoms with van der Waals surface area (Å²) in [5.41, 5.74) is 8.67. The Bertz CT molecular complexity index is 436. The average Bonchev–Trinajstić information content (AvgIpc) is 2.28. The maximum Gasteiger partial charge on any atom is 0.387 e. The molecule has 1 rings (SSSR count). The lowest BCUT2D eigenvalue weighted by Crippen LogP contribution is -2.25. The van der Waals surface area contributed by atoms with Crippen LogP contribution in [0.3, 0.4) is 0 Å². The largest absolute Gasteiger partial charge is 0.387 e. The molecule has 84 valence electrons. The Labute approximate surface area is 90.5 Å². The van der Waals surface area contributed by atoms with Gasteiger partial charge in [-0.1, -0.05) is 31.2 Å². The summed E-state index contributed by atoms with van der Waals surface area (Å²) in [7, 11) is 0. The summed E-state index contributed by atoms with van der Waals surface area (Å²) >= 11 is 0. The quantitative estimate of drug-likeness (QED) is 0.255. The second kappa shape index (κ2) is 4.72. The molecule has 1 aromatic carbocycles. The van der Waals surface area contributed by atoms with Crippen LogP contribution in [0, 0.1) is 0 Å². The van der Waals surface area contributed by atoms with Crippen LogP contribution in [0.2, 0.25) is 0 Å². The molecular formula is C10H9F2N3O. The van der Waals surface area contributed by atoms with Crippen molar-refractivity contribution in [3.8, 4) is 0 Å². The second-order valence-electron chi connectivity index (χ2n) is 3.11. The number of halogens is 2. The molecule has 0 saturated heterocycles. The fourth-order valence-electron chi connectivity index (χ4n) is 1.17. The van der Waals surface area contributed by atoms with Gasteiger partial charge in [0.15, 0.2) is 0 Å². The zero-order valence-corrected chi connectivity index (χ0v) is 8.52. The number of carbonyl (C=O) groups is 1. The monoisotopic (exact) mass is 225 g/mol. The molecule has 0 bridgehead atoms. The first kappa shape index (κ1) is 12.1. The molecular weight excluding hydrogens is 216 g/mol. The van der Waals surface area contributed by atoms with Crippen molar-refractivity contribution in [2.24, 2.45) is 5.11 Å². The van der Waals surface area contributed by atoms with Gasteiger partial charge in [0, 0.05) is 10.5 Å². The Morgan fingerprint density at radius 2 is 2.00 bits per heavy atom. The number of Topliss-reactive ketones (excluding diaryl/α,β-unsaturated/α-hetero) is 1. The third-order valence-electron chi connectivity index (χ3n) is 2.07. The smallest absolute Gasteiger partial charge is 0.287 e. The van der Waals surface area contributed by atoms with Gasteiger partial charge in [-0.2, -0.15) is 8.78 Å². The normalized spacial score (nSPS) is 10.7. The predicted molar refractivity (Wildman–Crippen MR) is 54.2 cm³/mol. The maximum atomic E-state index is 12.9. The van der Waals surface area contributed by atoms with Gasteiger partial charge in [-0.05, 0) is 22.6 Å². The zero-order chi connectivity index (χ0) is 12.2. The third kappa shape index (κ3) is 2.55. The Morgan fingerprint density at radius 3 is 2.44 bits per heavy atom. The summed E-state index contributed by atoms with van der Waals surface area (Å²) in [6, 6.07) is 1.73. The SMILES string of the molecule is CCc1ccc(C(=O)C(F)(F)N=[N+]=[N-])cc1. The van der Waals surface area contributed by atoms with E-state index in [1.807, 2.05) is 11.8 Å². The highest BCUT2D eigenvalue weighted by atomic mass is 19.3. The third-order valence-corrected chi connectivity index (χ3v) is 2.07. The molecule has 6 heteroatoms. The van der Waals surface area contributed by atoms with E-state index in [0.717, 1.165) is 12.0 Å². The van der Waals surface area contributed by atoms with Crippen molar-refractivity contribution in [1.29, 1.82) is 0 Å². The maximum absolute atomic E-state index is 12.9. The van der Waals surface area contributed by atoms with E-state index in [-0.39, 0.29) is 5.56 Å². The standard InChI is InChI=1S/C10H9F2N3O/c1-2-7-3-5-8(6-4-7)9(16)10(11,12)14-15-13/h3-6H,2H2,1H3. The molecule has 0 spiro atoms. The molecule has 0 heterocycles. The van der Waals surface area contributed by atoms with Gasteiger partial charge in [-0.25, -0.2) is 0 Å². The number of rotatable bonds is 4. The van der Waals surface area contributed by atoms with Crippen molar-refractivity contribution in [3.63, 3.8) is 0 Å². The van der Waals surface area contributed by atoms with Crippen LogP contribution in [-0.4, -0.2) is 11.8 Å². The second-order valence-corrected chi connectivity index (χ2v) is 3.11. The molecule has 16 heavy (non-hydrogen) atoms. The van der Waals surface area contributed by atoms with Crippen molar-refractivity contribution in [3.05, 3.63) is 45.8 Å². The van der Waals surface area contributed by atoms with Crippen LogP contribution in [0.15, 0.2) is 29.4 Å². The van der Waals surface area contributed by atoms with E-state index in [2.05, 4.69) is 5.11 Å². The van der Waals surface area contributed by atoms with Gasteiger partial charge < -0.3 is 0 Å². The summed E-state index contributed by atoms with van der Waals surface area (Å²) in [6.45, 7) is 1.91. The Morgan fingerprint density at radius 1 is 1.44 bits per heavy atom. The summed E-state index contributed by atoms with van der Waals surface area (Å²) in [6.07, 6.45) is 0.751. The summed E-state index contributed by atoms with van der Waals surface area (Å²) in [5.74, 6) is -1.49. The van der Waals surface area contributed by atoms with E-state index in [0.29, 0.717) is 0 Å². The number of azide groups is 1. The van der Waals surface area contributed by atoms with Gasteiger partial charge in [0.2, 0.25) is 5.78 Å². The highest BCUT2D eigenvalue weighted by Gasteiger charge is 2.38. The van der Waals surface area contributed by atoms with Crippen LogP contribution in [0.4, 0.5) is 8.78 Å². The van der Waals surface area contributed by atoms with Gasteiger partial charge in [0.05, 0.1) is 0 Å². The average molecular weight is 225 g/mol. The minimum atomic E-state index is -4.03. The molecule has 0 fully saturated rings. The molecule has 0 aliphatic rings. The summed E-state index contributed by atoms with van der Waals surface area (Å²) in [4.78, 5) is 13.2. The van der Waals surface area contributed by atoms with Crippen molar-refractivity contribution in [1.82, 2.24) is 0 Å². The topological polar surface area (TPSA) is 65.8 Å². The number of carbonyl (C=O) groups excluding carboxylic acids is 1. The first-order chi connectivity index (χ1) is 7.51. The number of benzene rings is 1. The summed E-state index contributed by atoms with van der Waals surface area (Å²) in [5, 5.41) is 2.17. The van der Waals surface area contributed by atoms with Gasteiger partial charge in [-0.3, -0.25) is 4.79 Å². The molecule has 0 amide bonds. The number of hydrogen-bond donors (Lipinski definition) is 0. The fourth-order valence-corrected chi connectivity index (χ4v) is 1.17. The van der Waals surface area contributed by atoms with Gasteiger partial charge in [0.1, 0.15) is 0 Å². The van der Waals surface area contributed by atoms with Gasteiger partial charge in [0.25, 0.3) is 0 Å². The molecule has 0 aromatic heterocycles. The van der Waals surface area contributed by atoms with E-state index >= 15 is 0 Å². The fraction of sp³-hybridized carbons (Fsp3) is 0.300. The molecule has 1 aromatic rings. The van der Waals surface area contributed by atoms with Crippen molar-refractivity contribution in [2.45, 2.75) is 19.4 Å². The van der Waals surface area contributed by atoms with E-state index in [1.54, 1.807) is 12.1 Å². The Balaban J connectivity index is 3.00. The van der Waals surface area contributed by atoms with Gasteiger partial charge >= 0.3 is 6.05 Å². The van der Waals surface area contributed by atoms with Crippen LogP contribution in [0.5, 0.6) is 0 Å². The van der Waals surface area contributed by atoms with Crippen molar-refractivity contribution in [2.75, 3.05) is 0 Å². The molecule has 0 saturated carbocycles.